The van der Waals surface area contributed by atoms with Crippen molar-refractivity contribution in [3.05, 3.63) is 65.9 Å². The first kappa shape index (κ1) is 20.6. The Labute approximate surface area is 180 Å². The fraction of sp³-hybridized carbons (Fsp3) is 0.261. The first-order valence-corrected chi connectivity index (χ1v) is 10.2. The summed E-state index contributed by atoms with van der Waals surface area (Å²) in [5.74, 6) is 0.0585. The molecule has 8 heteroatoms. The lowest BCUT2D eigenvalue weighted by atomic mass is 10.2. The lowest BCUT2D eigenvalue weighted by Gasteiger charge is -2.27. The zero-order valence-electron chi connectivity index (χ0n) is 17.4. The minimum absolute atomic E-state index is 0.0585. The molecule has 1 aliphatic heterocycles. The molecule has 2 heterocycles. The number of para-hydroxylation sites is 1. The van der Waals surface area contributed by atoms with Gasteiger partial charge in [-0.25, -0.2) is 10.2 Å². The van der Waals surface area contributed by atoms with Gasteiger partial charge in [0.2, 0.25) is 5.91 Å². The third kappa shape index (κ3) is 5.10. The minimum Gasteiger partial charge on any atom is -0.378 e. The van der Waals surface area contributed by atoms with Gasteiger partial charge in [-0.1, -0.05) is 35.9 Å². The third-order valence-corrected chi connectivity index (χ3v) is 5.17. The van der Waals surface area contributed by atoms with Crippen molar-refractivity contribution in [2.75, 3.05) is 31.6 Å². The van der Waals surface area contributed by atoms with Crippen LogP contribution in [0.25, 0.3) is 10.9 Å². The summed E-state index contributed by atoms with van der Waals surface area (Å²) in [6, 6.07) is 14.9. The normalized spacial score (nSPS) is 14.2. The van der Waals surface area contributed by atoms with Crippen molar-refractivity contribution in [1.29, 1.82) is 0 Å². The van der Waals surface area contributed by atoms with Crippen LogP contribution in [0.1, 0.15) is 11.1 Å². The van der Waals surface area contributed by atoms with Crippen molar-refractivity contribution in [2.45, 2.75) is 13.5 Å². The number of aromatic nitrogens is 1. The highest BCUT2D eigenvalue weighted by Crippen LogP contribution is 2.20. The lowest BCUT2D eigenvalue weighted by Crippen LogP contribution is -2.42. The van der Waals surface area contributed by atoms with Crippen molar-refractivity contribution in [1.82, 2.24) is 14.9 Å². The van der Waals surface area contributed by atoms with Crippen LogP contribution in [-0.2, 0) is 16.1 Å². The molecule has 0 saturated carbocycles. The largest absolute Gasteiger partial charge is 0.378 e. The number of carbonyl (C=O) groups excluding carboxylic acids is 2. The number of morpholine rings is 1. The lowest BCUT2D eigenvalue weighted by molar-refractivity contribution is -0.135. The zero-order valence-corrected chi connectivity index (χ0v) is 17.4. The van der Waals surface area contributed by atoms with E-state index < -0.39 is 6.03 Å². The Morgan fingerprint density at radius 1 is 1.10 bits per heavy atom. The van der Waals surface area contributed by atoms with Gasteiger partial charge in [0.15, 0.2) is 0 Å². The van der Waals surface area contributed by atoms with Crippen molar-refractivity contribution in [3.63, 3.8) is 0 Å². The van der Waals surface area contributed by atoms with Gasteiger partial charge in [0.25, 0.3) is 0 Å². The Morgan fingerprint density at radius 3 is 2.61 bits per heavy atom. The monoisotopic (exact) mass is 419 g/mol. The molecule has 1 aliphatic rings. The maximum absolute atomic E-state index is 12.7. The van der Waals surface area contributed by atoms with Gasteiger partial charge in [-0.3, -0.25) is 4.79 Å². The standard InChI is InChI=1S/C23H25N5O3/c1-17-6-8-19(9-7-17)25-23(30)26-24-14-18-15-28(21-5-3-2-4-20(18)21)16-22(29)27-10-12-31-13-11-27/h2-9,14-15H,10-13,16H2,1H3,(H2,25,26,30)/b24-14-. The second-order valence-corrected chi connectivity index (χ2v) is 7.41. The molecule has 0 bridgehead atoms. The van der Waals surface area contributed by atoms with Crippen LogP contribution in [0.15, 0.2) is 59.8 Å². The number of hydrogen-bond donors (Lipinski definition) is 2. The van der Waals surface area contributed by atoms with Gasteiger partial charge in [-0.05, 0) is 25.1 Å². The van der Waals surface area contributed by atoms with E-state index in [1.165, 1.54) is 0 Å². The van der Waals surface area contributed by atoms with E-state index in [0.29, 0.717) is 32.0 Å². The SMILES string of the molecule is Cc1ccc(NC(=O)N/N=C\c2cn(CC(=O)N3CCOCC3)c3ccccc23)cc1. The molecule has 8 nitrogen and oxygen atoms in total. The number of carbonyl (C=O) groups is 2. The van der Waals surface area contributed by atoms with Crippen LogP contribution < -0.4 is 10.7 Å². The molecule has 0 radical (unpaired) electrons. The van der Waals surface area contributed by atoms with Crippen LogP contribution in [0, 0.1) is 6.92 Å². The number of hydrazone groups is 1. The molecule has 4 rings (SSSR count). The van der Waals surface area contributed by atoms with Gasteiger partial charge in [0.05, 0.1) is 19.4 Å². The van der Waals surface area contributed by atoms with Crippen molar-refractivity contribution in [2.24, 2.45) is 5.10 Å². The summed E-state index contributed by atoms with van der Waals surface area (Å²) in [5, 5.41) is 7.77. The molecule has 0 atom stereocenters. The van der Waals surface area contributed by atoms with Crippen LogP contribution in [0.5, 0.6) is 0 Å². The summed E-state index contributed by atoms with van der Waals surface area (Å²) in [6.45, 7) is 4.62. The summed E-state index contributed by atoms with van der Waals surface area (Å²) in [5.41, 5.74) is 6.05. The van der Waals surface area contributed by atoms with E-state index in [2.05, 4.69) is 15.8 Å². The summed E-state index contributed by atoms with van der Waals surface area (Å²) >= 11 is 0. The molecular weight excluding hydrogens is 394 g/mol. The highest BCUT2D eigenvalue weighted by molar-refractivity contribution is 6.00. The number of anilines is 1. The topological polar surface area (TPSA) is 88.0 Å². The molecule has 3 amide bonds. The number of aryl methyl sites for hydroxylation is 1. The zero-order chi connectivity index (χ0) is 21.6. The molecule has 31 heavy (non-hydrogen) atoms. The average Bonchev–Trinajstić information content (AvgIpc) is 3.13. The molecule has 3 aromatic rings. The number of nitrogens with zero attached hydrogens (tertiary/aromatic N) is 3. The van der Waals surface area contributed by atoms with Crippen molar-refractivity contribution in [3.8, 4) is 0 Å². The fourth-order valence-electron chi connectivity index (χ4n) is 3.52. The van der Waals surface area contributed by atoms with E-state index in [4.69, 9.17) is 4.74 Å². The Bertz CT molecular complexity index is 1100. The second-order valence-electron chi connectivity index (χ2n) is 7.41. The molecule has 1 saturated heterocycles. The molecular formula is C23H25N5O3. The number of fused-ring (bicyclic) bond motifs is 1. The van der Waals surface area contributed by atoms with Crippen LogP contribution in [0.2, 0.25) is 0 Å². The van der Waals surface area contributed by atoms with Crippen LogP contribution in [0.4, 0.5) is 10.5 Å². The smallest absolute Gasteiger partial charge is 0.339 e. The van der Waals surface area contributed by atoms with Gasteiger partial charge >= 0.3 is 6.03 Å². The number of urea groups is 1. The minimum atomic E-state index is -0.425. The van der Waals surface area contributed by atoms with E-state index in [1.807, 2.05) is 71.1 Å². The summed E-state index contributed by atoms with van der Waals surface area (Å²) in [6.07, 6.45) is 3.47. The quantitative estimate of drug-likeness (QED) is 0.492. The molecule has 0 aliphatic carbocycles. The van der Waals surface area contributed by atoms with E-state index >= 15 is 0 Å². The molecule has 0 unspecified atom stereocenters. The highest BCUT2D eigenvalue weighted by Gasteiger charge is 2.18. The van der Waals surface area contributed by atoms with Crippen molar-refractivity contribution >= 4 is 34.7 Å². The molecule has 160 valence electrons. The van der Waals surface area contributed by atoms with E-state index in [1.54, 1.807) is 6.21 Å². The molecule has 1 fully saturated rings. The second kappa shape index (κ2) is 9.44. The third-order valence-electron chi connectivity index (χ3n) is 5.17. The molecule has 1 aromatic heterocycles. The number of nitrogens with one attached hydrogen (secondary N) is 2. The number of rotatable bonds is 5. The van der Waals surface area contributed by atoms with Crippen molar-refractivity contribution < 1.29 is 14.3 Å². The number of amides is 3. The molecule has 2 N–H and O–H groups in total. The van der Waals surface area contributed by atoms with Gasteiger partial charge in [-0.15, -0.1) is 0 Å². The van der Waals surface area contributed by atoms with Gasteiger partial charge in [-0.2, -0.15) is 5.10 Å². The Kier molecular flexibility index (Phi) is 6.28. The highest BCUT2D eigenvalue weighted by atomic mass is 16.5. The van der Waals surface area contributed by atoms with Gasteiger partial charge in [0, 0.05) is 41.4 Å². The van der Waals surface area contributed by atoms with Crippen LogP contribution >= 0.6 is 0 Å². The van der Waals surface area contributed by atoms with E-state index in [-0.39, 0.29) is 12.5 Å². The summed E-state index contributed by atoms with van der Waals surface area (Å²) < 4.78 is 7.24. The Morgan fingerprint density at radius 2 is 1.84 bits per heavy atom. The van der Waals surface area contributed by atoms with Gasteiger partial charge in [0.1, 0.15) is 6.54 Å². The Balaban J connectivity index is 1.44. The van der Waals surface area contributed by atoms with Crippen LogP contribution in [0.3, 0.4) is 0 Å². The predicted molar refractivity (Wildman–Crippen MR) is 120 cm³/mol. The van der Waals surface area contributed by atoms with E-state index in [9.17, 15) is 9.59 Å². The maximum Gasteiger partial charge on any atom is 0.339 e. The number of hydrogen-bond acceptors (Lipinski definition) is 4. The maximum atomic E-state index is 12.7. The average molecular weight is 419 g/mol. The molecule has 2 aromatic carbocycles. The molecule has 0 spiro atoms. The van der Waals surface area contributed by atoms with E-state index in [0.717, 1.165) is 22.0 Å². The fourth-order valence-corrected chi connectivity index (χ4v) is 3.52. The first-order chi connectivity index (χ1) is 15.1. The number of benzene rings is 2. The summed E-state index contributed by atoms with van der Waals surface area (Å²) in [4.78, 5) is 26.6. The van der Waals surface area contributed by atoms with Gasteiger partial charge < -0.3 is 19.5 Å². The summed E-state index contributed by atoms with van der Waals surface area (Å²) in [7, 11) is 0. The number of ether oxygens (including phenoxy) is 1. The predicted octanol–water partition coefficient (Wildman–Crippen LogP) is 2.96. The first-order valence-electron chi connectivity index (χ1n) is 10.2. The Hall–Kier alpha value is -3.65. The van der Waals surface area contributed by atoms with Crippen LogP contribution in [-0.4, -0.2) is 53.9 Å².